The molecule has 4 heteroatoms. The highest BCUT2D eigenvalue weighted by molar-refractivity contribution is 7.90. The molecule has 6 atom stereocenters. The topological polar surface area (TPSA) is 35.1 Å². The van der Waals surface area contributed by atoms with Gasteiger partial charge < -0.3 is 4.55 Å². The Morgan fingerprint density at radius 2 is 1.44 bits per heavy atom. The Bertz CT molecular complexity index is 1320. The van der Waals surface area contributed by atoms with Gasteiger partial charge >= 0.3 is 0 Å². The van der Waals surface area contributed by atoms with E-state index in [0.29, 0.717) is 11.6 Å². The van der Waals surface area contributed by atoms with E-state index in [9.17, 15) is 4.55 Å². The molecular formula is C35H44NOPS. The van der Waals surface area contributed by atoms with Gasteiger partial charge in [0.2, 0.25) is 0 Å². The Morgan fingerprint density at radius 1 is 0.872 bits per heavy atom. The van der Waals surface area contributed by atoms with Crippen LogP contribution in [0, 0.1) is 5.41 Å². The number of nitrogens with one attached hydrogen (secondary N) is 1. The zero-order chi connectivity index (χ0) is 28.2. The van der Waals surface area contributed by atoms with Crippen LogP contribution < -0.4 is 4.72 Å². The molecule has 3 aromatic carbocycles. The second kappa shape index (κ2) is 10.5. The van der Waals surface area contributed by atoms with Gasteiger partial charge in [-0.1, -0.05) is 126 Å². The number of rotatable bonds is 6. The summed E-state index contributed by atoms with van der Waals surface area (Å²) in [6.07, 6.45) is 1.18. The molecule has 206 valence electrons. The molecule has 1 fully saturated rings. The van der Waals surface area contributed by atoms with E-state index in [0.717, 1.165) is 0 Å². The molecule has 0 aromatic heterocycles. The molecule has 2 unspecified atom stereocenters. The van der Waals surface area contributed by atoms with Gasteiger partial charge in [-0.05, 0) is 66.8 Å². The maximum atomic E-state index is 13.8. The predicted molar refractivity (Wildman–Crippen MR) is 171 cm³/mol. The van der Waals surface area contributed by atoms with Crippen LogP contribution >= 0.6 is 7.92 Å². The fourth-order valence-electron chi connectivity index (χ4n) is 6.57. The lowest BCUT2D eigenvalue weighted by Crippen LogP contribution is -2.46. The molecule has 2 bridgehead atoms. The van der Waals surface area contributed by atoms with E-state index in [2.05, 4.69) is 145 Å². The highest BCUT2D eigenvalue weighted by Crippen LogP contribution is 2.80. The fraction of sp³-hybridized carbons (Fsp3) is 0.429. The Morgan fingerprint density at radius 3 is 1.97 bits per heavy atom. The van der Waals surface area contributed by atoms with E-state index in [1.54, 1.807) is 10.9 Å². The van der Waals surface area contributed by atoms with Crippen molar-refractivity contribution in [3.63, 3.8) is 0 Å². The Labute approximate surface area is 240 Å². The van der Waals surface area contributed by atoms with Crippen molar-refractivity contribution in [2.45, 2.75) is 83.2 Å². The molecule has 0 amide bonds. The molecule has 2 aliphatic rings. The molecule has 0 aliphatic carbocycles. The average Bonchev–Trinajstić information content (AvgIpc) is 3.34. The Hall–Kier alpha value is -1.90. The van der Waals surface area contributed by atoms with E-state index < -0.39 is 19.3 Å². The van der Waals surface area contributed by atoms with E-state index in [1.807, 2.05) is 0 Å². The third kappa shape index (κ3) is 5.29. The summed E-state index contributed by atoms with van der Waals surface area (Å²) in [5.74, 6) is 0.356. The number of benzene rings is 3. The second-order valence-electron chi connectivity index (χ2n) is 13.6. The van der Waals surface area contributed by atoms with Gasteiger partial charge in [-0.2, -0.15) is 0 Å². The first kappa shape index (κ1) is 28.6. The van der Waals surface area contributed by atoms with Crippen LogP contribution in [0.1, 0.15) is 89.6 Å². The van der Waals surface area contributed by atoms with Gasteiger partial charge in [0.1, 0.15) is 4.75 Å². The van der Waals surface area contributed by atoms with Crippen molar-refractivity contribution >= 4 is 24.6 Å². The fourth-order valence-corrected chi connectivity index (χ4v) is 12.0. The van der Waals surface area contributed by atoms with Crippen LogP contribution in [0.5, 0.6) is 0 Å². The van der Waals surface area contributed by atoms with Gasteiger partial charge in [0.05, 0.1) is 6.04 Å². The van der Waals surface area contributed by atoms with E-state index in [-0.39, 0.29) is 21.6 Å². The van der Waals surface area contributed by atoms with Crippen molar-refractivity contribution in [1.82, 2.24) is 4.72 Å². The molecule has 39 heavy (non-hydrogen) atoms. The van der Waals surface area contributed by atoms with Crippen LogP contribution in [0.15, 0.2) is 90.5 Å². The third-order valence-corrected chi connectivity index (χ3v) is 13.9. The largest absolute Gasteiger partial charge is 0.598 e. The maximum Gasteiger partial charge on any atom is 0.136 e. The molecule has 5 rings (SSSR count). The first-order chi connectivity index (χ1) is 18.3. The van der Waals surface area contributed by atoms with Crippen molar-refractivity contribution in [3.05, 3.63) is 113 Å². The van der Waals surface area contributed by atoms with Crippen molar-refractivity contribution in [2.75, 3.05) is 6.16 Å². The highest BCUT2D eigenvalue weighted by Gasteiger charge is 2.61. The van der Waals surface area contributed by atoms with Gasteiger partial charge in [-0.3, -0.25) is 0 Å². The zero-order valence-corrected chi connectivity index (χ0v) is 26.5. The standard InChI is InChI=1S/C35H44NOPS/c1-24-31(27-17-13-10-14-18-27)38-23-35(24,8)29(25-15-11-9-12-16-25)32(38)30(36-39(37)34(5,6)7)26-19-21-28(22-20-26)33(2,3)4/h9-22,29-30,32,36H,23H2,1-8H3/t29?,30-,32-,35-,38+,39?/m1/s1. The summed E-state index contributed by atoms with van der Waals surface area (Å²) in [5, 5.41) is 1.56. The lowest BCUT2D eigenvalue weighted by molar-refractivity contribution is 0.345. The molecule has 2 aliphatic heterocycles. The minimum atomic E-state index is -1.19. The minimum absolute atomic E-state index is 0.0102. The molecule has 1 N–H and O–H groups in total. The van der Waals surface area contributed by atoms with Crippen molar-refractivity contribution in [2.24, 2.45) is 5.41 Å². The summed E-state index contributed by atoms with van der Waals surface area (Å²) < 4.78 is 17.1. The van der Waals surface area contributed by atoms with Crippen molar-refractivity contribution in [1.29, 1.82) is 0 Å². The summed E-state index contributed by atoms with van der Waals surface area (Å²) in [6.45, 7) is 17.9. The molecule has 2 heterocycles. The van der Waals surface area contributed by atoms with Gasteiger partial charge in [0, 0.05) is 28.4 Å². The summed E-state index contributed by atoms with van der Waals surface area (Å²) in [5.41, 5.74) is 7.37. The summed E-state index contributed by atoms with van der Waals surface area (Å²) >= 11 is -1.19. The third-order valence-electron chi connectivity index (χ3n) is 8.86. The SMILES string of the molecule is CC1=C(c2ccccc2)[P@]2C[C@@]1(C)C(c1ccccc1)[C@@H]2[C@H](N[S+]([O-])C(C)(C)C)c1ccc(C(C)(C)C)cc1. The lowest BCUT2D eigenvalue weighted by Gasteiger charge is -2.43. The van der Waals surface area contributed by atoms with Gasteiger partial charge in [-0.25, -0.2) is 0 Å². The lowest BCUT2D eigenvalue weighted by atomic mass is 9.67. The number of hydrogen-bond acceptors (Lipinski definition) is 2. The quantitative estimate of drug-likeness (QED) is 0.242. The molecule has 0 saturated carbocycles. The number of fused-ring (bicyclic) bond motifs is 2. The Kier molecular flexibility index (Phi) is 7.70. The second-order valence-corrected chi connectivity index (χ2v) is 17.9. The zero-order valence-electron chi connectivity index (χ0n) is 24.8. The van der Waals surface area contributed by atoms with E-state index in [1.165, 1.54) is 28.4 Å². The summed E-state index contributed by atoms with van der Waals surface area (Å²) in [6, 6.07) is 31.3. The molecule has 0 radical (unpaired) electrons. The highest BCUT2D eigenvalue weighted by atomic mass is 32.2. The molecule has 3 aromatic rings. The van der Waals surface area contributed by atoms with Gasteiger partial charge in [0.25, 0.3) is 0 Å². The van der Waals surface area contributed by atoms with Crippen LogP contribution in [0.25, 0.3) is 5.31 Å². The summed E-state index contributed by atoms with van der Waals surface area (Å²) in [4.78, 5) is 0. The van der Waals surface area contributed by atoms with Crippen LogP contribution in [0.2, 0.25) is 0 Å². The normalized spacial score (nSPS) is 26.6. The van der Waals surface area contributed by atoms with Crippen LogP contribution in [-0.2, 0) is 16.8 Å². The maximum absolute atomic E-state index is 13.8. The molecule has 1 saturated heterocycles. The number of allylic oxidation sites excluding steroid dienone is 1. The molecule has 0 spiro atoms. The summed E-state index contributed by atoms with van der Waals surface area (Å²) in [7, 11) is -0.500. The minimum Gasteiger partial charge on any atom is -0.598 e. The smallest absolute Gasteiger partial charge is 0.136 e. The Balaban J connectivity index is 1.69. The van der Waals surface area contributed by atoms with Gasteiger partial charge in [-0.15, -0.1) is 4.72 Å². The molecule has 2 nitrogen and oxygen atoms in total. The molecular weight excluding hydrogens is 513 g/mol. The van der Waals surface area contributed by atoms with E-state index in [4.69, 9.17) is 0 Å². The van der Waals surface area contributed by atoms with Gasteiger partial charge in [0.15, 0.2) is 0 Å². The first-order valence-electron chi connectivity index (χ1n) is 14.2. The van der Waals surface area contributed by atoms with Crippen LogP contribution in [0.4, 0.5) is 0 Å². The number of hydrogen-bond donors (Lipinski definition) is 1. The van der Waals surface area contributed by atoms with Crippen molar-refractivity contribution < 1.29 is 4.55 Å². The average molecular weight is 558 g/mol. The first-order valence-corrected chi connectivity index (χ1v) is 16.9. The van der Waals surface area contributed by atoms with E-state index >= 15 is 0 Å². The van der Waals surface area contributed by atoms with Crippen LogP contribution in [-0.4, -0.2) is 21.1 Å². The van der Waals surface area contributed by atoms with Crippen molar-refractivity contribution in [3.8, 4) is 0 Å². The predicted octanol–water partition coefficient (Wildman–Crippen LogP) is 9.18. The van der Waals surface area contributed by atoms with Crippen LogP contribution in [0.3, 0.4) is 0 Å². The monoisotopic (exact) mass is 557 g/mol.